The van der Waals surface area contributed by atoms with Crippen molar-refractivity contribution in [3.05, 3.63) is 34.8 Å². The summed E-state index contributed by atoms with van der Waals surface area (Å²) in [4.78, 5) is 0. The maximum absolute atomic E-state index is 13.1. The van der Waals surface area contributed by atoms with Gasteiger partial charge < -0.3 is 4.57 Å². The van der Waals surface area contributed by atoms with E-state index in [-0.39, 0.29) is 5.82 Å². The van der Waals surface area contributed by atoms with Crippen LogP contribution in [0, 0.1) is 5.82 Å². The van der Waals surface area contributed by atoms with Crippen LogP contribution in [0.15, 0.2) is 29.0 Å². The molecule has 0 spiro atoms. The molecule has 0 bridgehead atoms. The molecule has 0 atom stereocenters. The van der Waals surface area contributed by atoms with Gasteiger partial charge in [0.15, 0.2) is 5.82 Å². The van der Waals surface area contributed by atoms with Crippen molar-refractivity contribution in [3.63, 3.8) is 0 Å². The minimum absolute atomic E-state index is 0.273. The van der Waals surface area contributed by atoms with Crippen LogP contribution < -0.4 is 0 Å². The highest BCUT2D eigenvalue weighted by molar-refractivity contribution is 9.10. The standard InChI is InChI=1S/C11H11BrFN3/c1-2-5-16-7-14-15-11(16)8-3-4-10(13)9(12)6-8/h3-4,6-7H,2,5H2,1H3. The molecule has 0 saturated heterocycles. The molecular weight excluding hydrogens is 273 g/mol. The molecule has 84 valence electrons. The third-order valence-electron chi connectivity index (χ3n) is 2.26. The molecule has 2 rings (SSSR count). The van der Waals surface area contributed by atoms with Gasteiger partial charge in [-0.25, -0.2) is 4.39 Å². The van der Waals surface area contributed by atoms with Gasteiger partial charge in [-0.05, 0) is 40.5 Å². The Morgan fingerprint density at radius 3 is 2.94 bits per heavy atom. The zero-order valence-electron chi connectivity index (χ0n) is 8.82. The summed E-state index contributed by atoms with van der Waals surface area (Å²) in [6, 6.07) is 4.84. The average Bonchev–Trinajstić information content (AvgIpc) is 2.71. The van der Waals surface area contributed by atoms with Crippen LogP contribution in [0.1, 0.15) is 13.3 Å². The zero-order valence-corrected chi connectivity index (χ0v) is 10.4. The highest BCUT2D eigenvalue weighted by Crippen LogP contribution is 2.23. The first-order valence-corrected chi connectivity index (χ1v) is 5.85. The fourth-order valence-corrected chi connectivity index (χ4v) is 1.90. The largest absolute Gasteiger partial charge is 0.314 e. The monoisotopic (exact) mass is 283 g/mol. The molecule has 1 heterocycles. The van der Waals surface area contributed by atoms with Crippen molar-refractivity contribution >= 4 is 15.9 Å². The number of nitrogens with zero attached hydrogens (tertiary/aromatic N) is 3. The fourth-order valence-electron chi connectivity index (χ4n) is 1.52. The summed E-state index contributed by atoms with van der Waals surface area (Å²) >= 11 is 3.16. The molecule has 0 radical (unpaired) electrons. The number of hydrogen-bond acceptors (Lipinski definition) is 2. The molecule has 0 N–H and O–H groups in total. The molecule has 0 aliphatic rings. The van der Waals surface area contributed by atoms with Crippen LogP contribution in [-0.2, 0) is 6.54 Å². The van der Waals surface area contributed by atoms with Crippen molar-refractivity contribution in [1.82, 2.24) is 14.8 Å². The minimum atomic E-state index is -0.273. The van der Waals surface area contributed by atoms with Crippen molar-refractivity contribution in [3.8, 4) is 11.4 Å². The first-order chi connectivity index (χ1) is 7.72. The van der Waals surface area contributed by atoms with Gasteiger partial charge in [0.05, 0.1) is 4.47 Å². The van der Waals surface area contributed by atoms with Crippen LogP contribution in [0.4, 0.5) is 4.39 Å². The van der Waals surface area contributed by atoms with E-state index in [0.717, 1.165) is 24.4 Å². The van der Waals surface area contributed by atoms with Gasteiger partial charge in [-0.15, -0.1) is 10.2 Å². The van der Waals surface area contributed by atoms with E-state index in [1.165, 1.54) is 6.07 Å². The molecule has 1 aromatic carbocycles. The number of benzene rings is 1. The van der Waals surface area contributed by atoms with Gasteiger partial charge in [0.25, 0.3) is 0 Å². The van der Waals surface area contributed by atoms with Crippen LogP contribution in [0.25, 0.3) is 11.4 Å². The minimum Gasteiger partial charge on any atom is -0.314 e. The van der Waals surface area contributed by atoms with E-state index in [2.05, 4.69) is 33.1 Å². The van der Waals surface area contributed by atoms with E-state index in [1.54, 1.807) is 18.5 Å². The van der Waals surface area contributed by atoms with Gasteiger partial charge in [0.1, 0.15) is 12.1 Å². The van der Waals surface area contributed by atoms with Crippen LogP contribution >= 0.6 is 15.9 Å². The van der Waals surface area contributed by atoms with Gasteiger partial charge in [-0.2, -0.15) is 0 Å². The molecule has 0 aliphatic carbocycles. The van der Waals surface area contributed by atoms with E-state index in [9.17, 15) is 4.39 Å². The molecule has 16 heavy (non-hydrogen) atoms. The zero-order chi connectivity index (χ0) is 11.5. The van der Waals surface area contributed by atoms with E-state index < -0.39 is 0 Å². The number of rotatable bonds is 3. The number of hydrogen-bond donors (Lipinski definition) is 0. The summed E-state index contributed by atoms with van der Waals surface area (Å²) in [6.45, 7) is 2.95. The normalized spacial score (nSPS) is 10.7. The average molecular weight is 284 g/mol. The summed E-state index contributed by atoms with van der Waals surface area (Å²) in [5.41, 5.74) is 0.860. The van der Waals surface area contributed by atoms with Crippen molar-refractivity contribution in [1.29, 1.82) is 0 Å². The summed E-state index contributed by atoms with van der Waals surface area (Å²) in [6.07, 6.45) is 2.70. The fraction of sp³-hybridized carbons (Fsp3) is 0.273. The van der Waals surface area contributed by atoms with Crippen LogP contribution in [0.3, 0.4) is 0 Å². The Balaban J connectivity index is 2.42. The van der Waals surface area contributed by atoms with Crippen LogP contribution in [0.2, 0.25) is 0 Å². The molecule has 0 fully saturated rings. The number of aromatic nitrogens is 3. The SMILES string of the molecule is CCCn1cnnc1-c1ccc(F)c(Br)c1. The predicted molar refractivity (Wildman–Crippen MR) is 63.4 cm³/mol. The molecule has 0 aliphatic heterocycles. The van der Waals surface area contributed by atoms with E-state index in [4.69, 9.17) is 0 Å². The van der Waals surface area contributed by atoms with Crippen molar-refractivity contribution < 1.29 is 4.39 Å². The molecule has 1 aromatic heterocycles. The van der Waals surface area contributed by atoms with Gasteiger partial charge in [0.2, 0.25) is 0 Å². The molecular formula is C11H11BrFN3. The third kappa shape index (κ3) is 2.14. The van der Waals surface area contributed by atoms with Crippen molar-refractivity contribution in [2.24, 2.45) is 0 Å². The second-order valence-electron chi connectivity index (χ2n) is 3.48. The second kappa shape index (κ2) is 4.74. The smallest absolute Gasteiger partial charge is 0.163 e. The first-order valence-electron chi connectivity index (χ1n) is 5.05. The Kier molecular flexibility index (Phi) is 3.33. The molecule has 3 nitrogen and oxygen atoms in total. The molecule has 5 heteroatoms. The van der Waals surface area contributed by atoms with Gasteiger partial charge in [-0.3, -0.25) is 0 Å². The van der Waals surface area contributed by atoms with E-state index in [0.29, 0.717) is 4.47 Å². The second-order valence-corrected chi connectivity index (χ2v) is 4.33. The quantitative estimate of drug-likeness (QED) is 0.866. The van der Waals surface area contributed by atoms with Crippen molar-refractivity contribution in [2.45, 2.75) is 19.9 Å². The van der Waals surface area contributed by atoms with E-state index in [1.807, 2.05) is 4.57 Å². The van der Waals surface area contributed by atoms with Crippen molar-refractivity contribution in [2.75, 3.05) is 0 Å². The first kappa shape index (κ1) is 11.3. The Morgan fingerprint density at radius 2 is 2.25 bits per heavy atom. The summed E-state index contributed by atoms with van der Waals surface area (Å²) < 4.78 is 15.5. The lowest BCUT2D eigenvalue weighted by molar-refractivity contribution is 0.621. The van der Waals surface area contributed by atoms with Crippen LogP contribution in [0.5, 0.6) is 0 Å². The number of aryl methyl sites for hydroxylation is 1. The molecule has 0 saturated carbocycles. The van der Waals surface area contributed by atoms with Gasteiger partial charge >= 0.3 is 0 Å². The lowest BCUT2D eigenvalue weighted by atomic mass is 10.2. The maximum Gasteiger partial charge on any atom is 0.163 e. The Morgan fingerprint density at radius 1 is 1.44 bits per heavy atom. The highest BCUT2D eigenvalue weighted by atomic mass is 79.9. The number of halogens is 2. The predicted octanol–water partition coefficient (Wildman–Crippen LogP) is 3.26. The topological polar surface area (TPSA) is 30.7 Å². The Labute approximate surface area is 101 Å². The third-order valence-corrected chi connectivity index (χ3v) is 2.87. The molecule has 2 aromatic rings. The summed E-state index contributed by atoms with van der Waals surface area (Å²) in [5, 5.41) is 7.92. The molecule has 0 amide bonds. The maximum atomic E-state index is 13.1. The lowest BCUT2D eigenvalue weighted by Gasteiger charge is -2.05. The van der Waals surface area contributed by atoms with Crippen LogP contribution in [-0.4, -0.2) is 14.8 Å². The molecule has 0 unspecified atom stereocenters. The van der Waals surface area contributed by atoms with Gasteiger partial charge in [0, 0.05) is 12.1 Å². The Hall–Kier alpha value is -1.23. The summed E-state index contributed by atoms with van der Waals surface area (Å²) in [5.74, 6) is 0.493. The summed E-state index contributed by atoms with van der Waals surface area (Å²) in [7, 11) is 0. The lowest BCUT2D eigenvalue weighted by Crippen LogP contribution is -1.98. The van der Waals surface area contributed by atoms with Gasteiger partial charge in [-0.1, -0.05) is 6.92 Å². The Bertz CT molecular complexity index is 496. The van der Waals surface area contributed by atoms with E-state index >= 15 is 0 Å². The highest BCUT2D eigenvalue weighted by Gasteiger charge is 2.08.